The molecular formula is C21H25ClN4O2. The standard InChI is InChI=1S/C21H25ClN4O2/c1-25(2)19-12-15(9-10-23-19)13-24-20(27)17-4-3-11-26(14-17)21(28)16-5-7-18(22)8-6-16/h5-10,12,17H,3-4,11,13-14H2,1-2H3,(H,24,27). The summed E-state index contributed by atoms with van der Waals surface area (Å²) in [4.78, 5) is 33.3. The number of pyridine rings is 1. The minimum absolute atomic E-state index is 0.0168. The summed E-state index contributed by atoms with van der Waals surface area (Å²) in [5.41, 5.74) is 1.59. The molecule has 2 aromatic rings. The van der Waals surface area contributed by atoms with E-state index in [-0.39, 0.29) is 17.7 Å². The highest BCUT2D eigenvalue weighted by Gasteiger charge is 2.28. The van der Waals surface area contributed by atoms with Crippen LogP contribution >= 0.6 is 11.6 Å². The number of piperidine rings is 1. The van der Waals surface area contributed by atoms with Gasteiger partial charge in [-0.25, -0.2) is 4.98 Å². The topological polar surface area (TPSA) is 65.5 Å². The number of carbonyl (C=O) groups excluding carboxylic acids is 2. The summed E-state index contributed by atoms with van der Waals surface area (Å²) in [7, 11) is 3.86. The monoisotopic (exact) mass is 400 g/mol. The fourth-order valence-electron chi connectivity index (χ4n) is 3.30. The third kappa shape index (κ3) is 5.01. The lowest BCUT2D eigenvalue weighted by atomic mass is 9.96. The average Bonchev–Trinajstić information content (AvgIpc) is 2.72. The van der Waals surface area contributed by atoms with Gasteiger partial charge < -0.3 is 15.1 Å². The molecule has 1 fully saturated rings. The van der Waals surface area contributed by atoms with Gasteiger partial charge in [0.05, 0.1) is 5.92 Å². The Morgan fingerprint density at radius 1 is 1.25 bits per heavy atom. The number of nitrogens with zero attached hydrogens (tertiary/aromatic N) is 3. The molecular weight excluding hydrogens is 376 g/mol. The van der Waals surface area contributed by atoms with E-state index in [0.717, 1.165) is 24.2 Å². The van der Waals surface area contributed by atoms with Gasteiger partial charge in [-0.2, -0.15) is 0 Å². The summed E-state index contributed by atoms with van der Waals surface area (Å²) in [5, 5.41) is 3.60. The van der Waals surface area contributed by atoms with E-state index < -0.39 is 0 Å². The van der Waals surface area contributed by atoms with Crippen LogP contribution in [0.3, 0.4) is 0 Å². The summed E-state index contributed by atoms with van der Waals surface area (Å²) in [6.07, 6.45) is 3.34. The lowest BCUT2D eigenvalue weighted by Crippen LogP contribution is -2.45. The van der Waals surface area contributed by atoms with Crippen LogP contribution in [0.1, 0.15) is 28.8 Å². The van der Waals surface area contributed by atoms with E-state index in [9.17, 15) is 9.59 Å². The van der Waals surface area contributed by atoms with Crippen LogP contribution in [0.2, 0.25) is 5.02 Å². The summed E-state index contributed by atoms with van der Waals surface area (Å²) < 4.78 is 0. The summed E-state index contributed by atoms with van der Waals surface area (Å²) in [6.45, 7) is 1.55. The Balaban J connectivity index is 1.57. The zero-order valence-electron chi connectivity index (χ0n) is 16.2. The van der Waals surface area contributed by atoms with Gasteiger partial charge in [-0.05, 0) is 54.8 Å². The third-order valence-electron chi connectivity index (χ3n) is 4.91. The normalized spacial score (nSPS) is 16.5. The summed E-state index contributed by atoms with van der Waals surface area (Å²) >= 11 is 5.89. The van der Waals surface area contributed by atoms with Gasteiger partial charge >= 0.3 is 0 Å². The maximum atomic E-state index is 12.7. The van der Waals surface area contributed by atoms with Gasteiger partial charge in [0, 0.05) is 50.5 Å². The first-order chi connectivity index (χ1) is 13.4. The van der Waals surface area contributed by atoms with Gasteiger partial charge in [0.2, 0.25) is 5.91 Å². The number of carbonyl (C=O) groups is 2. The Morgan fingerprint density at radius 2 is 2.00 bits per heavy atom. The van der Waals surface area contributed by atoms with Crippen LogP contribution in [-0.2, 0) is 11.3 Å². The average molecular weight is 401 g/mol. The lowest BCUT2D eigenvalue weighted by molar-refractivity contribution is -0.126. The number of benzene rings is 1. The molecule has 1 atom stereocenters. The molecule has 148 valence electrons. The van der Waals surface area contributed by atoms with Gasteiger partial charge in [0.15, 0.2) is 0 Å². The van der Waals surface area contributed by atoms with Crippen molar-refractivity contribution in [2.24, 2.45) is 5.92 Å². The molecule has 7 heteroatoms. The number of anilines is 1. The molecule has 1 N–H and O–H groups in total. The smallest absolute Gasteiger partial charge is 0.253 e. The maximum absolute atomic E-state index is 12.7. The van der Waals surface area contributed by atoms with Crippen LogP contribution in [0.15, 0.2) is 42.6 Å². The van der Waals surface area contributed by atoms with Gasteiger partial charge in [0.25, 0.3) is 5.91 Å². The minimum Gasteiger partial charge on any atom is -0.363 e. The molecule has 1 aliphatic rings. The molecule has 3 rings (SSSR count). The van der Waals surface area contributed by atoms with E-state index in [0.29, 0.717) is 30.2 Å². The number of aromatic nitrogens is 1. The van der Waals surface area contributed by atoms with E-state index in [1.54, 1.807) is 35.4 Å². The summed E-state index contributed by atoms with van der Waals surface area (Å²) in [5.74, 6) is 0.583. The Labute approximate surface area is 170 Å². The highest BCUT2D eigenvalue weighted by atomic mass is 35.5. The molecule has 0 aliphatic carbocycles. The van der Waals surface area contributed by atoms with E-state index in [1.807, 2.05) is 31.1 Å². The molecule has 1 unspecified atom stereocenters. The molecule has 1 saturated heterocycles. The van der Waals surface area contributed by atoms with Crippen LogP contribution < -0.4 is 10.2 Å². The number of rotatable bonds is 5. The number of amides is 2. The van der Waals surface area contributed by atoms with Gasteiger partial charge in [0.1, 0.15) is 5.82 Å². The predicted octanol–water partition coefficient (Wildman–Crippen LogP) is 2.97. The van der Waals surface area contributed by atoms with E-state index in [1.165, 1.54) is 0 Å². The molecule has 6 nitrogen and oxygen atoms in total. The first-order valence-corrected chi connectivity index (χ1v) is 9.76. The second-order valence-electron chi connectivity index (χ2n) is 7.23. The Morgan fingerprint density at radius 3 is 2.71 bits per heavy atom. The van der Waals surface area contributed by atoms with Crippen LogP contribution in [-0.4, -0.2) is 48.9 Å². The van der Waals surface area contributed by atoms with Crippen LogP contribution in [0.5, 0.6) is 0 Å². The molecule has 0 bridgehead atoms. The highest BCUT2D eigenvalue weighted by molar-refractivity contribution is 6.30. The largest absolute Gasteiger partial charge is 0.363 e. The summed E-state index contributed by atoms with van der Waals surface area (Å²) in [6, 6.07) is 10.7. The van der Waals surface area contributed by atoms with Crippen molar-refractivity contribution in [1.82, 2.24) is 15.2 Å². The molecule has 28 heavy (non-hydrogen) atoms. The van der Waals surface area contributed by atoms with E-state index in [2.05, 4.69) is 10.3 Å². The van der Waals surface area contributed by atoms with Gasteiger partial charge in [-0.15, -0.1) is 0 Å². The predicted molar refractivity (Wildman–Crippen MR) is 110 cm³/mol. The quantitative estimate of drug-likeness (QED) is 0.837. The number of likely N-dealkylation sites (tertiary alicyclic amines) is 1. The molecule has 0 spiro atoms. The fraction of sp³-hybridized carbons (Fsp3) is 0.381. The van der Waals surface area contributed by atoms with Crippen molar-refractivity contribution < 1.29 is 9.59 Å². The number of hydrogen-bond donors (Lipinski definition) is 1. The Kier molecular flexibility index (Phi) is 6.52. The van der Waals surface area contributed by atoms with Crippen molar-refractivity contribution in [1.29, 1.82) is 0 Å². The van der Waals surface area contributed by atoms with Crippen LogP contribution in [0.25, 0.3) is 0 Å². The van der Waals surface area contributed by atoms with Crippen molar-refractivity contribution in [3.63, 3.8) is 0 Å². The molecule has 0 saturated carbocycles. The van der Waals surface area contributed by atoms with Crippen molar-refractivity contribution in [2.75, 3.05) is 32.1 Å². The fourth-order valence-corrected chi connectivity index (χ4v) is 3.43. The van der Waals surface area contributed by atoms with Crippen molar-refractivity contribution in [3.8, 4) is 0 Å². The molecule has 1 aromatic carbocycles. The molecule has 1 aromatic heterocycles. The SMILES string of the molecule is CN(C)c1cc(CNC(=O)C2CCCN(C(=O)c3ccc(Cl)cc3)C2)ccn1. The second kappa shape index (κ2) is 9.06. The van der Waals surface area contributed by atoms with Crippen molar-refractivity contribution >= 4 is 29.2 Å². The second-order valence-corrected chi connectivity index (χ2v) is 7.67. The number of hydrogen-bond acceptors (Lipinski definition) is 4. The van der Waals surface area contributed by atoms with Crippen LogP contribution in [0, 0.1) is 5.92 Å². The van der Waals surface area contributed by atoms with Crippen molar-refractivity contribution in [2.45, 2.75) is 19.4 Å². The number of halogens is 1. The lowest BCUT2D eigenvalue weighted by Gasteiger charge is -2.32. The highest BCUT2D eigenvalue weighted by Crippen LogP contribution is 2.20. The zero-order valence-corrected chi connectivity index (χ0v) is 16.9. The van der Waals surface area contributed by atoms with Crippen LogP contribution in [0.4, 0.5) is 5.82 Å². The van der Waals surface area contributed by atoms with E-state index in [4.69, 9.17) is 11.6 Å². The zero-order chi connectivity index (χ0) is 20.1. The first kappa shape index (κ1) is 20.1. The maximum Gasteiger partial charge on any atom is 0.253 e. The van der Waals surface area contributed by atoms with E-state index >= 15 is 0 Å². The molecule has 2 amide bonds. The molecule has 1 aliphatic heterocycles. The van der Waals surface area contributed by atoms with Crippen molar-refractivity contribution in [3.05, 3.63) is 58.7 Å². The Bertz CT molecular complexity index is 839. The third-order valence-corrected chi connectivity index (χ3v) is 5.16. The number of nitrogens with one attached hydrogen (secondary N) is 1. The molecule has 2 heterocycles. The minimum atomic E-state index is -0.194. The first-order valence-electron chi connectivity index (χ1n) is 9.39. The Hall–Kier alpha value is -2.60. The van der Waals surface area contributed by atoms with Gasteiger partial charge in [-0.3, -0.25) is 9.59 Å². The molecule has 0 radical (unpaired) electrons. The van der Waals surface area contributed by atoms with Gasteiger partial charge in [-0.1, -0.05) is 11.6 Å².